The molecule has 0 saturated carbocycles. The highest BCUT2D eigenvalue weighted by Crippen LogP contribution is 2.29. The summed E-state index contributed by atoms with van der Waals surface area (Å²) in [6.07, 6.45) is 0. The van der Waals surface area contributed by atoms with Crippen molar-refractivity contribution in [3.63, 3.8) is 0 Å². The lowest BCUT2D eigenvalue weighted by atomic mass is 10.2. The fourth-order valence-electron chi connectivity index (χ4n) is 1.87. The molecular formula is C16H17ClN2O2S. The van der Waals surface area contributed by atoms with Crippen molar-refractivity contribution in [2.24, 2.45) is 0 Å². The Morgan fingerprint density at radius 3 is 2.45 bits per heavy atom. The van der Waals surface area contributed by atoms with Gasteiger partial charge in [0.1, 0.15) is 11.5 Å². The van der Waals surface area contributed by atoms with Crippen molar-refractivity contribution < 1.29 is 9.47 Å². The highest BCUT2D eigenvalue weighted by Gasteiger charge is 2.07. The molecule has 2 aromatic rings. The molecule has 0 fully saturated rings. The summed E-state index contributed by atoms with van der Waals surface area (Å²) in [4.78, 5) is 0. The van der Waals surface area contributed by atoms with Crippen LogP contribution in [0.15, 0.2) is 36.4 Å². The van der Waals surface area contributed by atoms with Crippen LogP contribution in [0.25, 0.3) is 0 Å². The minimum absolute atomic E-state index is 0.437. The van der Waals surface area contributed by atoms with Gasteiger partial charge in [-0.3, -0.25) is 0 Å². The third kappa shape index (κ3) is 4.02. The Morgan fingerprint density at radius 1 is 1.05 bits per heavy atom. The monoisotopic (exact) mass is 336 g/mol. The van der Waals surface area contributed by atoms with Crippen LogP contribution in [0.3, 0.4) is 0 Å². The van der Waals surface area contributed by atoms with Crippen LogP contribution in [0, 0.1) is 6.92 Å². The van der Waals surface area contributed by atoms with Gasteiger partial charge in [-0.25, -0.2) is 0 Å². The number of halogens is 1. The van der Waals surface area contributed by atoms with Crippen molar-refractivity contribution in [1.29, 1.82) is 0 Å². The van der Waals surface area contributed by atoms with Crippen LogP contribution in [0.2, 0.25) is 5.02 Å². The number of methoxy groups -OCH3 is 2. The van der Waals surface area contributed by atoms with Gasteiger partial charge >= 0.3 is 0 Å². The van der Waals surface area contributed by atoms with Gasteiger partial charge in [-0.15, -0.1) is 0 Å². The molecule has 0 aliphatic heterocycles. The number of thiocarbonyl (C=S) groups is 1. The van der Waals surface area contributed by atoms with E-state index in [1.807, 2.05) is 43.3 Å². The first-order valence-corrected chi connectivity index (χ1v) is 7.38. The topological polar surface area (TPSA) is 42.5 Å². The molecule has 6 heteroatoms. The molecule has 0 spiro atoms. The highest BCUT2D eigenvalue weighted by atomic mass is 35.5. The molecule has 0 aliphatic carbocycles. The van der Waals surface area contributed by atoms with Gasteiger partial charge < -0.3 is 20.1 Å². The van der Waals surface area contributed by atoms with Gasteiger partial charge in [0, 0.05) is 16.8 Å². The lowest BCUT2D eigenvalue weighted by molar-refractivity contribution is 0.405. The molecule has 0 saturated heterocycles. The summed E-state index contributed by atoms with van der Waals surface area (Å²) >= 11 is 11.4. The zero-order chi connectivity index (χ0) is 16.1. The van der Waals surface area contributed by atoms with Crippen LogP contribution in [0.5, 0.6) is 11.5 Å². The molecule has 22 heavy (non-hydrogen) atoms. The number of anilines is 2. The van der Waals surface area contributed by atoms with Gasteiger partial charge in [-0.2, -0.15) is 0 Å². The number of hydrogen-bond acceptors (Lipinski definition) is 3. The van der Waals surface area contributed by atoms with E-state index in [-0.39, 0.29) is 0 Å². The first kappa shape index (κ1) is 16.4. The Labute approximate surface area is 140 Å². The van der Waals surface area contributed by atoms with Crippen LogP contribution in [-0.4, -0.2) is 19.3 Å². The Hall–Kier alpha value is -1.98. The van der Waals surface area contributed by atoms with Crippen molar-refractivity contribution in [3.05, 3.63) is 47.0 Å². The molecule has 0 aliphatic rings. The minimum atomic E-state index is 0.437. The van der Waals surface area contributed by atoms with Crippen molar-refractivity contribution >= 4 is 40.3 Å². The number of rotatable bonds is 4. The quantitative estimate of drug-likeness (QED) is 0.806. The fraction of sp³-hybridized carbons (Fsp3) is 0.188. The maximum atomic E-state index is 6.10. The molecule has 0 radical (unpaired) electrons. The van der Waals surface area contributed by atoms with E-state index in [0.717, 1.165) is 16.9 Å². The van der Waals surface area contributed by atoms with E-state index in [1.165, 1.54) is 0 Å². The summed E-state index contributed by atoms with van der Waals surface area (Å²) in [7, 11) is 3.21. The maximum Gasteiger partial charge on any atom is 0.175 e. The smallest absolute Gasteiger partial charge is 0.175 e. The Balaban J connectivity index is 2.12. The van der Waals surface area contributed by atoms with Crippen LogP contribution in [0.4, 0.5) is 11.4 Å². The van der Waals surface area contributed by atoms with Crippen LogP contribution >= 0.6 is 23.8 Å². The van der Waals surface area contributed by atoms with E-state index >= 15 is 0 Å². The summed E-state index contributed by atoms with van der Waals surface area (Å²) < 4.78 is 10.5. The molecule has 0 amide bonds. The third-order valence-corrected chi connectivity index (χ3v) is 3.70. The molecule has 0 aromatic heterocycles. The van der Waals surface area contributed by atoms with Gasteiger partial charge in [0.25, 0.3) is 0 Å². The normalized spacial score (nSPS) is 10.0. The van der Waals surface area contributed by atoms with Crippen molar-refractivity contribution in [3.8, 4) is 11.5 Å². The zero-order valence-corrected chi connectivity index (χ0v) is 14.1. The fourth-order valence-corrected chi connectivity index (χ4v) is 2.28. The summed E-state index contributed by atoms with van der Waals surface area (Å²) in [6.45, 7) is 1.95. The lowest BCUT2D eigenvalue weighted by Gasteiger charge is -2.15. The van der Waals surface area contributed by atoms with Crippen molar-refractivity contribution in [2.45, 2.75) is 6.92 Å². The summed E-state index contributed by atoms with van der Waals surface area (Å²) in [6, 6.07) is 11.1. The van der Waals surface area contributed by atoms with E-state index in [4.69, 9.17) is 33.3 Å². The molecule has 2 aromatic carbocycles. The number of hydrogen-bond donors (Lipinski definition) is 2. The molecular weight excluding hydrogens is 320 g/mol. The van der Waals surface area contributed by atoms with E-state index < -0.39 is 0 Å². The second-order valence-corrected chi connectivity index (χ2v) is 5.42. The first-order valence-electron chi connectivity index (χ1n) is 6.59. The van der Waals surface area contributed by atoms with Crippen molar-refractivity contribution in [1.82, 2.24) is 0 Å². The van der Waals surface area contributed by atoms with Gasteiger partial charge in [0.15, 0.2) is 5.11 Å². The molecule has 2 N–H and O–H groups in total. The number of benzene rings is 2. The number of ether oxygens (including phenoxy) is 2. The second kappa shape index (κ2) is 7.33. The SMILES string of the molecule is COc1ccc(OC)c(NC(=S)Nc2ccc(C)c(Cl)c2)c1. The Morgan fingerprint density at radius 2 is 1.82 bits per heavy atom. The first-order chi connectivity index (χ1) is 10.5. The highest BCUT2D eigenvalue weighted by molar-refractivity contribution is 7.80. The number of aryl methyl sites for hydroxylation is 1. The molecule has 0 unspecified atom stereocenters. The largest absolute Gasteiger partial charge is 0.497 e. The van der Waals surface area contributed by atoms with Gasteiger partial charge in [0.2, 0.25) is 0 Å². The Bertz CT molecular complexity index is 692. The third-order valence-electron chi connectivity index (χ3n) is 3.08. The van der Waals surface area contributed by atoms with Gasteiger partial charge in [0.05, 0.1) is 19.9 Å². The summed E-state index contributed by atoms with van der Waals surface area (Å²) in [5.41, 5.74) is 2.55. The molecule has 0 bridgehead atoms. The molecule has 4 nitrogen and oxygen atoms in total. The molecule has 0 atom stereocenters. The average Bonchev–Trinajstić information content (AvgIpc) is 2.50. The zero-order valence-electron chi connectivity index (χ0n) is 12.6. The maximum absolute atomic E-state index is 6.10. The average molecular weight is 337 g/mol. The standard InChI is InChI=1S/C16H17ClN2O2S/c1-10-4-5-11(8-13(10)17)18-16(22)19-14-9-12(20-2)6-7-15(14)21-3/h4-9H,1-3H3,(H2,18,19,22). The summed E-state index contributed by atoms with van der Waals surface area (Å²) in [5, 5.41) is 7.30. The van der Waals surface area contributed by atoms with Crippen LogP contribution in [-0.2, 0) is 0 Å². The van der Waals surface area contributed by atoms with Crippen LogP contribution < -0.4 is 20.1 Å². The number of nitrogens with one attached hydrogen (secondary N) is 2. The van der Waals surface area contributed by atoms with E-state index in [9.17, 15) is 0 Å². The molecule has 0 heterocycles. The minimum Gasteiger partial charge on any atom is -0.497 e. The molecule has 116 valence electrons. The van der Waals surface area contributed by atoms with Gasteiger partial charge in [-0.05, 0) is 49.0 Å². The van der Waals surface area contributed by atoms with E-state index in [0.29, 0.717) is 21.6 Å². The molecule has 2 rings (SSSR count). The van der Waals surface area contributed by atoms with E-state index in [2.05, 4.69) is 10.6 Å². The van der Waals surface area contributed by atoms with E-state index in [1.54, 1.807) is 14.2 Å². The Kier molecular flexibility index (Phi) is 5.46. The predicted octanol–water partition coefficient (Wildman–Crippen LogP) is 4.47. The summed E-state index contributed by atoms with van der Waals surface area (Å²) in [5.74, 6) is 1.39. The van der Waals surface area contributed by atoms with Gasteiger partial charge in [-0.1, -0.05) is 17.7 Å². The van der Waals surface area contributed by atoms with Crippen LogP contribution in [0.1, 0.15) is 5.56 Å². The lowest BCUT2D eigenvalue weighted by Crippen LogP contribution is -2.19. The second-order valence-electron chi connectivity index (χ2n) is 4.61. The van der Waals surface area contributed by atoms with Crippen molar-refractivity contribution in [2.75, 3.05) is 24.9 Å². The predicted molar refractivity (Wildman–Crippen MR) is 95.6 cm³/mol.